The first kappa shape index (κ1) is 9.62. The van der Waals surface area contributed by atoms with E-state index in [1.807, 2.05) is 12.3 Å². The fourth-order valence-electron chi connectivity index (χ4n) is 1.91. The van der Waals surface area contributed by atoms with E-state index in [9.17, 15) is 0 Å². The van der Waals surface area contributed by atoms with E-state index in [0.29, 0.717) is 0 Å². The average Bonchev–Trinajstić information content (AvgIpc) is 2.71. The van der Waals surface area contributed by atoms with Crippen molar-refractivity contribution in [3.63, 3.8) is 0 Å². The molecule has 2 heterocycles. The van der Waals surface area contributed by atoms with Gasteiger partial charge in [0.05, 0.1) is 6.61 Å². The average molecular weight is 192 g/mol. The lowest BCUT2D eigenvalue weighted by molar-refractivity contribution is 0.280. The summed E-state index contributed by atoms with van der Waals surface area (Å²) >= 11 is 0. The Morgan fingerprint density at radius 1 is 1.21 bits per heavy atom. The van der Waals surface area contributed by atoms with Crippen molar-refractivity contribution in [1.29, 1.82) is 0 Å². The van der Waals surface area contributed by atoms with Crippen LogP contribution in [0.1, 0.15) is 24.0 Å². The molecular formula is C11H16N2O. The molecule has 2 rings (SSSR count). The maximum atomic E-state index is 8.97. The molecule has 0 aliphatic carbocycles. The Labute approximate surface area is 84.4 Å². The lowest BCUT2D eigenvalue weighted by Gasteiger charge is -2.14. The summed E-state index contributed by atoms with van der Waals surface area (Å²) in [4.78, 5) is 6.54. The Balaban J connectivity index is 2.00. The van der Waals surface area contributed by atoms with Crippen LogP contribution in [0.25, 0.3) is 0 Å². The van der Waals surface area contributed by atoms with E-state index in [1.54, 1.807) is 6.20 Å². The van der Waals surface area contributed by atoms with Gasteiger partial charge in [0.2, 0.25) is 0 Å². The zero-order chi connectivity index (χ0) is 9.80. The Morgan fingerprint density at radius 2 is 1.93 bits per heavy atom. The summed E-state index contributed by atoms with van der Waals surface area (Å²) in [5.74, 6) is 0. The van der Waals surface area contributed by atoms with Crippen molar-refractivity contribution in [3.05, 3.63) is 29.6 Å². The predicted molar refractivity (Wildman–Crippen MR) is 54.7 cm³/mol. The summed E-state index contributed by atoms with van der Waals surface area (Å²) in [5, 5.41) is 8.97. The number of rotatable bonds is 3. The number of nitrogens with zero attached hydrogens (tertiary/aromatic N) is 2. The van der Waals surface area contributed by atoms with Gasteiger partial charge in [-0.25, -0.2) is 0 Å². The number of aromatic nitrogens is 1. The zero-order valence-corrected chi connectivity index (χ0v) is 8.32. The standard InChI is InChI=1S/C11H16N2O/c14-9-11-5-10(6-12-7-11)8-13-3-1-2-4-13/h5-7,14H,1-4,8-9H2. The third-order valence-electron chi connectivity index (χ3n) is 2.64. The van der Waals surface area contributed by atoms with Crippen molar-refractivity contribution in [1.82, 2.24) is 9.88 Å². The first-order chi connectivity index (χ1) is 6.88. The Hall–Kier alpha value is -0.930. The smallest absolute Gasteiger partial charge is 0.0696 e. The first-order valence-corrected chi connectivity index (χ1v) is 5.14. The molecule has 1 aromatic heterocycles. The highest BCUT2D eigenvalue weighted by atomic mass is 16.3. The van der Waals surface area contributed by atoms with Crippen LogP contribution in [-0.4, -0.2) is 28.1 Å². The van der Waals surface area contributed by atoms with Crippen molar-refractivity contribution in [3.8, 4) is 0 Å². The summed E-state index contributed by atoms with van der Waals surface area (Å²) in [5.41, 5.74) is 2.11. The molecule has 0 amide bonds. The minimum Gasteiger partial charge on any atom is -0.392 e. The van der Waals surface area contributed by atoms with Gasteiger partial charge in [-0.2, -0.15) is 0 Å². The lowest BCUT2D eigenvalue weighted by Crippen LogP contribution is -2.18. The molecule has 0 atom stereocenters. The number of aliphatic hydroxyl groups excluding tert-OH is 1. The lowest BCUT2D eigenvalue weighted by atomic mass is 10.2. The molecule has 0 bridgehead atoms. The fraction of sp³-hybridized carbons (Fsp3) is 0.545. The third-order valence-corrected chi connectivity index (χ3v) is 2.64. The van der Waals surface area contributed by atoms with Gasteiger partial charge in [0.1, 0.15) is 0 Å². The fourth-order valence-corrected chi connectivity index (χ4v) is 1.91. The molecule has 0 unspecified atom stereocenters. The maximum absolute atomic E-state index is 8.97. The van der Waals surface area contributed by atoms with Crippen LogP contribution in [0.5, 0.6) is 0 Å². The molecule has 0 spiro atoms. The van der Waals surface area contributed by atoms with Crippen molar-refractivity contribution in [2.45, 2.75) is 26.0 Å². The predicted octanol–water partition coefficient (Wildman–Crippen LogP) is 1.17. The third kappa shape index (κ3) is 2.30. The summed E-state index contributed by atoms with van der Waals surface area (Å²) in [6, 6.07) is 2.03. The normalized spacial score (nSPS) is 17.5. The van der Waals surface area contributed by atoms with Gasteiger partial charge >= 0.3 is 0 Å². The largest absolute Gasteiger partial charge is 0.392 e. The minimum absolute atomic E-state index is 0.0842. The van der Waals surface area contributed by atoms with Crippen LogP contribution in [-0.2, 0) is 13.2 Å². The summed E-state index contributed by atoms with van der Waals surface area (Å²) in [7, 11) is 0. The maximum Gasteiger partial charge on any atom is 0.0696 e. The van der Waals surface area contributed by atoms with Gasteiger partial charge in [-0.15, -0.1) is 0 Å². The van der Waals surface area contributed by atoms with Crippen molar-refractivity contribution >= 4 is 0 Å². The minimum atomic E-state index is 0.0842. The van der Waals surface area contributed by atoms with Gasteiger partial charge in [0.15, 0.2) is 0 Å². The highest BCUT2D eigenvalue weighted by molar-refractivity contribution is 5.17. The van der Waals surface area contributed by atoms with Gasteiger partial charge in [0.25, 0.3) is 0 Å². The number of aliphatic hydroxyl groups is 1. The van der Waals surface area contributed by atoms with Crippen molar-refractivity contribution in [2.75, 3.05) is 13.1 Å². The molecule has 0 aromatic carbocycles. The summed E-state index contributed by atoms with van der Waals surface area (Å²) < 4.78 is 0. The zero-order valence-electron chi connectivity index (χ0n) is 8.32. The topological polar surface area (TPSA) is 36.4 Å². The number of hydrogen-bond acceptors (Lipinski definition) is 3. The highest BCUT2D eigenvalue weighted by Crippen LogP contribution is 2.12. The number of hydrogen-bond donors (Lipinski definition) is 1. The van der Waals surface area contributed by atoms with E-state index >= 15 is 0 Å². The quantitative estimate of drug-likeness (QED) is 0.781. The van der Waals surface area contributed by atoms with Gasteiger partial charge in [-0.1, -0.05) is 0 Å². The van der Waals surface area contributed by atoms with Crippen LogP contribution < -0.4 is 0 Å². The second-order valence-electron chi connectivity index (χ2n) is 3.84. The molecule has 76 valence electrons. The molecule has 1 aliphatic rings. The van der Waals surface area contributed by atoms with E-state index < -0.39 is 0 Å². The molecule has 0 saturated carbocycles. The molecule has 1 aliphatic heterocycles. The molecule has 1 saturated heterocycles. The van der Waals surface area contributed by atoms with Gasteiger partial charge in [-0.3, -0.25) is 9.88 Å². The van der Waals surface area contributed by atoms with Crippen LogP contribution in [0.3, 0.4) is 0 Å². The summed E-state index contributed by atoms with van der Waals surface area (Å²) in [6.07, 6.45) is 6.23. The molecular weight excluding hydrogens is 176 g/mol. The highest BCUT2D eigenvalue weighted by Gasteiger charge is 2.11. The first-order valence-electron chi connectivity index (χ1n) is 5.14. The second-order valence-corrected chi connectivity index (χ2v) is 3.84. The van der Waals surface area contributed by atoms with E-state index in [0.717, 1.165) is 12.1 Å². The number of pyridine rings is 1. The van der Waals surface area contributed by atoms with Gasteiger partial charge in [0, 0.05) is 18.9 Å². The molecule has 0 radical (unpaired) electrons. The molecule has 3 heteroatoms. The van der Waals surface area contributed by atoms with E-state index in [2.05, 4.69) is 9.88 Å². The monoisotopic (exact) mass is 192 g/mol. The Kier molecular flexibility index (Phi) is 3.11. The summed E-state index contributed by atoms with van der Waals surface area (Å²) in [6.45, 7) is 3.45. The van der Waals surface area contributed by atoms with Crippen LogP contribution in [0.2, 0.25) is 0 Å². The molecule has 14 heavy (non-hydrogen) atoms. The molecule has 1 N–H and O–H groups in total. The van der Waals surface area contributed by atoms with Crippen molar-refractivity contribution < 1.29 is 5.11 Å². The Bertz CT molecular complexity index is 295. The molecule has 3 nitrogen and oxygen atoms in total. The van der Waals surface area contributed by atoms with Crippen molar-refractivity contribution in [2.24, 2.45) is 0 Å². The van der Waals surface area contributed by atoms with Crippen LogP contribution in [0.4, 0.5) is 0 Å². The SMILES string of the molecule is OCc1cncc(CN2CCCC2)c1. The second kappa shape index (κ2) is 4.53. The van der Waals surface area contributed by atoms with Crippen LogP contribution in [0.15, 0.2) is 18.5 Å². The van der Waals surface area contributed by atoms with Gasteiger partial charge in [-0.05, 0) is 43.1 Å². The van der Waals surface area contributed by atoms with E-state index in [-0.39, 0.29) is 6.61 Å². The van der Waals surface area contributed by atoms with E-state index in [4.69, 9.17) is 5.11 Å². The number of likely N-dealkylation sites (tertiary alicyclic amines) is 1. The van der Waals surface area contributed by atoms with Crippen LogP contribution >= 0.6 is 0 Å². The Morgan fingerprint density at radius 3 is 2.64 bits per heavy atom. The van der Waals surface area contributed by atoms with Gasteiger partial charge < -0.3 is 5.11 Å². The van der Waals surface area contributed by atoms with E-state index in [1.165, 1.54) is 31.5 Å². The van der Waals surface area contributed by atoms with Crippen LogP contribution in [0, 0.1) is 0 Å². The molecule has 1 fully saturated rings. The molecule has 1 aromatic rings.